The van der Waals surface area contributed by atoms with Gasteiger partial charge < -0.3 is 19.4 Å². The van der Waals surface area contributed by atoms with Gasteiger partial charge in [-0.05, 0) is 90.7 Å². The highest BCUT2D eigenvalue weighted by Gasteiger charge is 2.17. The molecule has 2 aliphatic rings. The maximum atomic E-state index is 6.49. The number of fused-ring (bicyclic) bond motifs is 8. The van der Waals surface area contributed by atoms with E-state index in [0.717, 1.165) is 98.0 Å². The molecule has 0 unspecified atom stereocenters. The summed E-state index contributed by atoms with van der Waals surface area (Å²) in [7, 11) is 0. The van der Waals surface area contributed by atoms with Gasteiger partial charge in [0.1, 0.15) is 5.75 Å². The second-order valence-electron chi connectivity index (χ2n) is 14.1. The molecule has 53 heavy (non-hydrogen) atoms. The van der Waals surface area contributed by atoms with Gasteiger partial charge in [-0.25, -0.2) is 9.97 Å². The Morgan fingerprint density at radius 3 is 1.91 bits per heavy atom. The van der Waals surface area contributed by atoms with Crippen LogP contribution in [0.1, 0.15) is 107 Å². The van der Waals surface area contributed by atoms with Gasteiger partial charge in [0.05, 0.1) is 47.0 Å². The first-order valence-electron chi connectivity index (χ1n) is 19.7. The van der Waals surface area contributed by atoms with Crippen LogP contribution in [0, 0.1) is 0 Å². The van der Waals surface area contributed by atoms with E-state index in [2.05, 4.69) is 127 Å². The number of ether oxygens (including phenoxy) is 2. The van der Waals surface area contributed by atoms with Gasteiger partial charge in [-0.1, -0.05) is 114 Å². The lowest BCUT2D eigenvalue weighted by Gasteiger charge is -2.08. The zero-order valence-electron chi connectivity index (χ0n) is 31.3. The van der Waals surface area contributed by atoms with E-state index in [1.165, 1.54) is 57.8 Å². The second kappa shape index (κ2) is 17.9. The summed E-state index contributed by atoms with van der Waals surface area (Å²) >= 11 is 0. The Morgan fingerprint density at radius 1 is 0.491 bits per heavy atom. The van der Waals surface area contributed by atoms with Gasteiger partial charge >= 0.3 is 0 Å². The number of benzene rings is 2. The summed E-state index contributed by atoms with van der Waals surface area (Å²) in [5.41, 5.74) is 11.5. The molecule has 6 heteroatoms. The smallest absolute Gasteiger partial charge is 0.152 e. The average Bonchev–Trinajstić information content (AvgIpc) is 4.00. The van der Waals surface area contributed by atoms with Crippen LogP contribution in [0.4, 0.5) is 0 Å². The third kappa shape index (κ3) is 9.18. The Kier molecular flexibility index (Phi) is 12.2. The van der Waals surface area contributed by atoms with Gasteiger partial charge in [0.25, 0.3) is 0 Å². The summed E-state index contributed by atoms with van der Waals surface area (Å²) in [4.78, 5) is 17.5. The molecule has 6 nitrogen and oxygen atoms in total. The van der Waals surface area contributed by atoms with Gasteiger partial charge in [0.2, 0.25) is 0 Å². The molecule has 0 fully saturated rings. The first-order chi connectivity index (χ1) is 26.2. The largest absolute Gasteiger partial charge is 0.494 e. The van der Waals surface area contributed by atoms with Crippen LogP contribution in [-0.2, 0) is 0 Å². The molecule has 5 aromatic rings. The molecule has 0 amide bonds. The topological polar surface area (TPSA) is 75.8 Å². The molecule has 2 aliphatic heterocycles. The number of hydrogen-bond donors (Lipinski definition) is 2. The highest BCUT2D eigenvalue weighted by molar-refractivity contribution is 5.95. The molecule has 8 bridgehead atoms. The Morgan fingerprint density at radius 2 is 1.15 bits per heavy atom. The quantitative estimate of drug-likeness (QED) is 0.0925. The van der Waals surface area contributed by atoms with Crippen molar-refractivity contribution in [1.82, 2.24) is 19.9 Å². The minimum Gasteiger partial charge on any atom is -0.494 e. The number of aromatic nitrogens is 4. The van der Waals surface area contributed by atoms with Crippen LogP contribution >= 0.6 is 0 Å². The molecule has 0 atom stereocenters. The number of aromatic amines is 2. The van der Waals surface area contributed by atoms with E-state index >= 15 is 0 Å². The molecule has 0 spiro atoms. The Balaban J connectivity index is 1.20. The Bertz CT molecular complexity index is 2190. The predicted octanol–water partition coefficient (Wildman–Crippen LogP) is 13.1. The molecular formula is C47H52N4O2. The summed E-state index contributed by atoms with van der Waals surface area (Å²) in [6, 6.07) is 29.4. The maximum Gasteiger partial charge on any atom is 0.152 e. The minimum atomic E-state index is 0.608. The van der Waals surface area contributed by atoms with Crippen molar-refractivity contribution in [3.8, 4) is 33.8 Å². The molecule has 3 aromatic heterocycles. The summed E-state index contributed by atoms with van der Waals surface area (Å²) in [6.45, 7) is 5.76. The molecule has 5 heterocycles. The normalized spacial score (nSPS) is 12.0. The lowest BCUT2D eigenvalue weighted by molar-refractivity contribution is 0.304. The zero-order valence-corrected chi connectivity index (χ0v) is 31.3. The third-order valence-electron chi connectivity index (χ3n) is 9.90. The summed E-state index contributed by atoms with van der Waals surface area (Å²) in [5.74, 6) is 1.72. The number of nitrogens with one attached hydrogen (secondary N) is 2. The Labute approximate surface area is 314 Å². The first kappa shape index (κ1) is 36.0. The number of unbranched alkanes of at least 4 members (excludes halogenated alkanes) is 9. The van der Waals surface area contributed by atoms with E-state index in [1.54, 1.807) is 0 Å². The molecule has 0 aliphatic carbocycles. The highest BCUT2D eigenvalue weighted by atomic mass is 16.5. The average molecular weight is 705 g/mol. The van der Waals surface area contributed by atoms with Crippen molar-refractivity contribution in [2.75, 3.05) is 13.2 Å². The van der Waals surface area contributed by atoms with Gasteiger partial charge in [-0.15, -0.1) is 0 Å². The van der Waals surface area contributed by atoms with Gasteiger partial charge in [0.15, 0.2) is 5.75 Å². The predicted molar refractivity (Wildman–Crippen MR) is 223 cm³/mol. The third-order valence-corrected chi connectivity index (χ3v) is 9.90. The summed E-state index contributed by atoms with van der Waals surface area (Å²) in [6.07, 6.45) is 22.4. The molecule has 7 rings (SSSR count). The van der Waals surface area contributed by atoms with Crippen LogP contribution < -0.4 is 9.47 Å². The van der Waals surface area contributed by atoms with Crippen LogP contribution in [0.5, 0.6) is 11.5 Å². The van der Waals surface area contributed by atoms with Crippen molar-refractivity contribution in [3.05, 3.63) is 108 Å². The van der Waals surface area contributed by atoms with Crippen LogP contribution in [0.2, 0.25) is 0 Å². The van der Waals surface area contributed by atoms with E-state index in [0.29, 0.717) is 6.61 Å². The fraction of sp³-hybridized carbons (Fsp3) is 0.319. The van der Waals surface area contributed by atoms with E-state index in [-0.39, 0.29) is 0 Å². The number of rotatable bonds is 17. The van der Waals surface area contributed by atoms with Crippen LogP contribution in [0.25, 0.3) is 68.6 Å². The van der Waals surface area contributed by atoms with Crippen LogP contribution in [0.3, 0.4) is 0 Å². The lowest BCUT2D eigenvalue weighted by Crippen LogP contribution is -1.97. The number of H-pyrrole nitrogens is 2. The van der Waals surface area contributed by atoms with Crippen LogP contribution in [0.15, 0.2) is 84.9 Å². The molecule has 2 aromatic carbocycles. The lowest BCUT2D eigenvalue weighted by atomic mass is 10.0. The van der Waals surface area contributed by atoms with Crippen molar-refractivity contribution in [3.63, 3.8) is 0 Å². The van der Waals surface area contributed by atoms with E-state index in [9.17, 15) is 0 Å². The van der Waals surface area contributed by atoms with Crippen molar-refractivity contribution >= 4 is 46.4 Å². The van der Waals surface area contributed by atoms with Crippen molar-refractivity contribution in [2.24, 2.45) is 0 Å². The monoisotopic (exact) mass is 704 g/mol. The number of hydrogen-bond acceptors (Lipinski definition) is 4. The standard InChI is InChI=1S/C47H52N4O2/c1-3-5-6-7-8-9-10-11-12-16-30-52-40-25-19-35(20-26-40)45-41-27-23-37(49-41)31-36-21-22-38(48-36)32-43-46(34-17-14-13-15-18-34)47(53-29-4-2)44(51-43)33-39-24-28-42(45)50-39/h13-15,17-28,31-33,49,51H,3-12,16,29-30H2,1-2H3. The van der Waals surface area contributed by atoms with Crippen molar-refractivity contribution in [1.29, 1.82) is 0 Å². The Hall–Kier alpha value is -5.36. The van der Waals surface area contributed by atoms with Crippen molar-refractivity contribution < 1.29 is 9.47 Å². The molecule has 0 saturated carbocycles. The highest BCUT2D eigenvalue weighted by Crippen LogP contribution is 2.39. The van der Waals surface area contributed by atoms with Crippen molar-refractivity contribution in [2.45, 2.75) is 84.5 Å². The maximum absolute atomic E-state index is 6.49. The fourth-order valence-electron chi connectivity index (χ4n) is 7.17. The molecule has 2 N–H and O–H groups in total. The zero-order chi connectivity index (χ0) is 36.2. The molecule has 0 radical (unpaired) electrons. The SMILES string of the molecule is CCCCCCCCCCCCOc1ccc(-c2c3nc(cc4[nH]c(cc5nc(cc6ccc2[nH]6)C=C5)c(-c2ccccc2)c4OCCC)C=C3)cc1. The van der Waals surface area contributed by atoms with E-state index in [4.69, 9.17) is 19.4 Å². The first-order valence-corrected chi connectivity index (χ1v) is 19.7. The van der Waals surface area contributed by atoms with E-state index < -0.39 is 0 Å². The molecular weight excluding hydrogens is 653 g/mol. The van der Waals surface area contributed by atoms with Gasteiger partial charge in [0, 0.05) is 22.2 Å². The number of nitrogens with zero attached hydrogens (tertiary/aromatic N) is 2. The molecule has 272 valence electrons. The van der Waals surface area contributed by atoms with Gasteiger partial charge in [-0.2, -0.15) is 0 Å². The summed E-state index contributed by atoms with van der Waals surface area (Å²) in [5, 5.41) is 0. The summed E-state index contributed by atoms with van der Waals surface area (Å²) < 4.78 is 12.7. The van der Waals surface area contributed by atoms with E-state index in [1.807, 2.05) is 6.07 Å². The minimum absolute atomic E-state index is 0.608. The van der Waals surface area contributed by atoms with Crippen LogP contribution in [-0.4, -0.2) is 33.1 Å². The second-order valence-corrected chi connectivity index (χ2v) is 14.1. The fourth-order valence-corrected chi connectivity index (χ4v) is 7.17. The molecule has 0 saturated heterocycles. The van der Waals surface area contributed by atoms with Gasteiger partial charge in [-0.3, -0.25) is 0 Å².